The van der Waals surface area contributed by atoms with E-state index in [4.69, 9.17) is 0 Å². The minimum atomic E-state index is -0.0190. The van der Waals surface area contributed by atoms with Crippen molar-refractivity contribution in [2.45, 2.75) is 4.34 Å². The molecule has 0 fully saturated rings. The van der Waals surface area contributed by atoms with Crippen molar-refractivity contribution < 1.29 is 4.79 Å². The average Bonchev–Trinajstić information content (AvgIpc) is 2.96. The number of carbonyl (C=O) groups is 1. The van der Waals surface area contributed by atoms with Crippen LogP contribution in [0.15, 0.2) is 52.9 Å². The van der Waals surface area contributed by atoms with E-state index < -0.39 is 0 Å². The Hall–Kier alpha value is -2.05. The highest BCUT2D eigenvalue weighted by atomic mass is 32.2. The third-order valence-electron chi connectivity index (χ3n) is 3.25. The molecule has 0 atom stereocenters. The molecule has 6 heteroatoms. The first kappa shape index (κ1) is 15.8. The molecule has 3 rings (SSSR count). The summed E-state index contributed by atoms with van der Waals surface area (Å²) in [6, 6.07) is 15.7. The van der Waals surface area contributed by atoms with Crippen molar-refractivity contribution in [2.24, 2.45) is 0 Å². The second kappa shape index (κ2) is 7.02. The highest BCUT2D eigenvalue weighted by Crippen LogP contribution is 2.31. The minimum absolute atomic E-state index is 0.0190. The van der Waals surface area contributed by atoms with E-state index in [2.05, 4.69) is 33.4 Å². The van der Waals surface area contributed by atoms with Crippen molar-refractivity contribution in [3.05, 3.63) is 48.5 Å². The molecule has 0 aliphatic heterocycles. The fourth-order valence-electron chi connectivity index (χ4n) is 2.08. The number of benzene rings is 2. The molecule has 3 aromatic rings. The lowest BCUT2D eigenvalue weighted by Crippen LogP contribution is -2.13. The second-order valence-electron chi connectivity index (χ2n) is 5.23. The number of para-hydroxylation sites is 1. The number of hydrogen-bond acceptors (Lipinski definition) is 5. The fourth-order valence-corrected chi connectivity index (χ4v) is 3.93. The van der Waals surface area contributed by atoms with Crippen LogP contribution in [0.25, 0.3) is 10.2 Å². The zero-order chi connectivity index (χ0) is 16.2. The summed E-state index contributed by atoms with van der Waals surface area (Å²) in [7, 11) is 4.02. The van der Waals surface area contributed by atoms with Crippen LogP contribution >= 0.6 is 23.1 Å². The molecule has 1 heterocycles. The van der Waals surface area contributed by atoms with E-state index in [1.54, 1.807) is 11.3 Å². The van der Waals surface area contributed by atoms with Crippen LogP contribution in [0.5, 0.6) is 0 Å². The monoisotopic (exact) mass is 343 g/mol. The summed E-state index contributed by atoms with van der Waals surface area (Å²) in [5, 5.41) is 2.88. The molecular weight excluding hydrogens is 326 g/mol. The maximum atomic E-state index is 12.0. The topological polar surface area (TPSA) is 45.2 Å². The Morgan fingerprint density at radius 1 is 1.22 bits per heavy atom. The molecule has 0 spiro atoms. The Labute approximate surface area is 143 Å². The molecule has 2 aromatic carbocycles. The van der Waals surface area contributed by atoms with Crippen LogP contribution < -0.4 is 10.2 Å². The Morgan fingerprint density at radius 2 is 2.00 bits per heavy atom. The van der Waals surface area contributed by atoms with E-state index in [0.717, 1.165) is 25.9 Å². The van der Waals surface area contributed by atoms with E-state index in [9.17, 15) is 4.79 Å². The lowest BCUT2D eigenvalue weighted by atomic mass is 10.3. The number of anilines is 2. The predicted octanol–water partition coefficient (Wildman–Crippen LogP) is 4.09. The first-order chi connectivity index (χ1) is 11.1. The zero-order valence-electron chi connectivity index (χ0n) is 12.9. The molecule has 1 N–H and O–H groups in total. The van der Waals surface area contributed by atoms with Gasteiger partial charge in [-0.3, -0.25) is 4.79 Å². The van der Waals surface area contributed by atoms with Crippen molar-refractivity contribution in [3.8, 4) is 0 Å². The SMILES string of the molecule is CN(C)c1ccc2sc(SCC(=O)Nc3ccccc3)nc2c1. The van der Waals surface area contributed by atoms with Gasteiger partial charge in [0.05, 0.1) is 16.0 Å². The number of hydrogen-bond donors (Lipinski definition) is 1. The number of nitrogens with zero attached hydrogens (tertiary/aromatic N) is 2. The van der Waals surface area contributed by atoms with Gasteiger partial charge in [0, 0.05) is 25.5 Å². The van der Waals surface area contributed by atoms with Gasteiger partial charge in [0.25, 0.3) is 0 Å². The van der Waals surface area contributed by atoms with Crippen molar-refractivity contribution in [2.75, 3.05) is 30.1 Å². The first-order valence-corrected chi connectivity index (χ1v) is 8.97. The lowest BCUT2D eigenvalue weighted by molar-refractivity contribution is -0.113. The van der Waals surface area contributed by atoms with Crippen molar-refractivity contribution in [1.82, 2.24) is 4.98 Å². The smallest absolute Gasteiger partial charge is 0.234 e. The summed E-state index contributed by atoms with van der Waals surface area (Å²) in [5.74, 6) is 0.337. The average molecular weight is 343 g/mol. The maximum absolute atomic E-state index is 12.0. The molecule has 0 unspecified atom stereocenters. The van der Waals surface area contributed by atoms with E-state index in [0.29, 0.717) is 5.75 Å². The van der Waals surface area contributed by atoms with Crippen LogP contribution in [0.4, 0.5) is 11.4 Å². The molecule has 4 nitrogen and oxygen atoms in total. The minimum Gasteiger partial charge on any atom is -0.378 e. The van der Waals surface area contributed by atoms with E-state index in [-0.39, 0.29) is 5.91 Å². The molecule has 1 amide bonds. The van der Waals surface area contributed by atoms with Crippen molar-refractivity contribution in [1.29, 1.82) is 0 Å². The molecule has 23 heavy (non-hydrogen) atoms. The normalized spacial score (nSPS) is 10.7. The summed E-state index contributed by atoms with van der Waals surface area (Å²) >= 11 is 3.09. The fraction of sp³-hybridized carbons (Fsp3) is 0.176. The van der Waals surface area contributed by atoms with Gasteiger partial charge in [0.15, 0.2) is 4.34 Å². The molecule has 1 aromatic heterocycles. The number of thiazole rings is 1. The van der Waals surface area contributed by atoms with E-state index >= 15 is 0 Å². The zero-order valence-corrected chi connectivity index (χ0v) is 14.6. The first-order valence-electron chi connectivity index (χ1n) is 7.17. The van der Waals surface area contributed by atoms with Crippen LogP contribution in [0.1, 0.15) is 0 Å². The largest absolute Gasteiger partial charge is 0.378 e. The number of amides is 1. The van der Waals surface area contributed by atoms with Crippen LogP contribution in [0.2, 0.25) is 0 Å². The number of aromatic nitrogens is 1. The van der Waals surface area contributed by atoms with Gasteiger partial charge in [0.2, 0.25) is 5.91 Å². The van der Waals surface area contributed by atoms with Crippen molar-refractivity contribution in [3.63, 3.8) is 0 Å². The summed E-state index contributed by atoms with van der Waals surface area (Å²) in [4.78, 5) is 18.6. The Kier molecular flexibility index (Phi) is 4.83. The molecular formula is C17H17N3OS2. The van der Waals surface area contributed by atoms with Crippen LogP contribution in [-0.2, 0) is 4.79 Å². The second-order valence-corrected chi connectivity index (χ2v) is 7.48. The molecule has 118 valence electrons. The molecule has 0 radical (unpaired) electrons. The third-order valence-corrected chi connectivity index (χ3v) is 5.43. The van der Waals surface area contributed by atoms with Crippen molar-refractivity contribution >= 4 is 50.6 Å². The Balaban J connectivity index is 1.64. The van der Waals surface area contributed by atoms with Gasteiger partial charge in [-0.1, -0.05) is 30.0 Å². The highest BCUT2D eigenvalue weighted by molar-refractivity contribution is 8.01. The molecule has 0 aliphatic rings. The highest BCUT2D eigenvalue weighted by Gasteiger charge is 2.09. The Bertz CT molecular complexity index is 815. The third kappa shape index (κ3) is 4.03. The summed E-state index contributed by atoms with van der Waals surface area (Å²) in [5.41, 5.74) is 2.92. The van der Waals surface area contributed by atoms with E-state index in [1.165, 1.54) is 11.8 Å². The van der Waals surface area contributed by atoms with Gasteiger partial charge in [-0.15, -0.1) is 11.3 Å². The van der Waals surface area contributed by atoms with Gasteiger partial charge in [-0.25, -0.2) is 4.98 Å². The number of fused-ring (bicyclic) bond motifs is 1. The van der Waals surface area contributed by atoms with Crippen LogP contribution in [0, 0.1) is 0 Å². The van der Waals surface area contributed by atoms with Gasteiger partial charge in [-0.05, 0) is 30.3 Å². The van der Waals surface area contributed by atoms with Gasteiger partial charge < -0.3 is 10.2 Å². The van der Waals surface area contributed by atoms with Gasteiger partial charge >= 0.3 is 0 Å². The van der Waals surface area contributed by atoms with Crippen LogP contribution in [-0.4, -0.2) is 30.7 Å². The predicted molar refractivity (Wildman–Crippen MR) is 99.7 cm³/mol. The van der Waals surface area contributed by atoms with Gasteiger partial charge in [-0.2, -0.15) is 0 Å². The molecule has 0 bridgehead atoms. The number of nitrogens with one attached hydrogen (secondary N) is 1. The molecule has 0 saturated heterocycles. The van der Waals surface area contributed by atoms with E-state index in [1.807, 2.05) is 44.4 Å². The Morgan fingerprint density at radius 3 is 2.74 bits per heavy atom. The number of rotatable bonds is 5. The lowest BCUT2D eigenvalue weighted by Gasteiger charge is -2.11. The maximum Gasteiger partial charge on any atom is 0.234 e. The summed E-state index contributed by atoms with van der Waals surface area (Å²) in [6.45, 7) is 0. The molecule has 0 saturated carbocycles. The summed E-state index contributed by atoms with van der Waals surface area (Å²) < 4.78 is 2.06. The number of carbonyl (C=O) groups excluding carboxylic acids is 1. The summed E-state index contributed by atoms with van der Waals surface area (Å²) in [6.07, 6.45) is 0. The van der Waals surface area contributed by atoms with Crippen LogP contribution in [0.3, 0.4) is 0 Å². The molecule has 0 aliphatic carbocycles. The quantitative estimate of drug-likeness (QED) is 0.709. The standard InChI is InChI=1S/C17H17N3OS2/c1-20(2)13-8-9-15-14(10-13)19-17(23-15)22-11-16(21)18-12-6-4-3-5-7-12/h3-10H,11H2,1-2H3,(H,18,21). The van der Waals surface area contributed by atoms with Gasteiger partial charge in [0.1, 0.15) is 0 Å². The number of thioether (sulfide) groups is 1.